The van der Waals surface area contributed by atoms with Gasteiger partial charge in [-0.3, -0.25) is 4.68 Å². The van der Waals surface area contributed by atoms with Crippen molar-refractivity contribution in [3.63, 3.8) is 0 Å². The van der Waals surface area contributed by atoms with Crippen LogP contribution >= 0.6 is 0 Å². The van der Waals surface area contributed by atoms with E-state index < -0.39 is 10.0 Å². The third kappa shape index (κ3) is 2.49. The third-order valence-electron chi connectivity index (χ3n) is 4.05. The van der Waals surface area contributed by atoms with Crippen LogP contribution in [-0.4, -0.2) is 35.6 Å². The van der Waals surface area contributed by atoms with Crippen molar-refractivity contribution in [2.75, 3.05) is 18.8 Å². The second-order valence-corrected chi connectivity index (χ2v) is 7.05. The Kier molecular flexibility index (Phi) is 3.87. The summed E-state index contributed by atoms with van der Waals surface area (Å²) in [6.45, 7) is 5.04. The van der Waals surface area contributed by atoms with Crippen LogP contribution in [0.25, 0.3) is 0 Å². The molecule has 0 aliphatic carbocycles. The fourth-order valence-electron chi connectivity index (χ4n) is 2.62. The molecule has 6 nitrogen and oxygen atoms in total. The molecule has 19 heavy (non-hydrogen) atoms. The highest BCUT2D eigenvalue weighted by atomic mass is 32.2. The van der Waals surface area contributed by atoms with Gasteiger partial charge in [-0.15, -0.1) is 0 Å². The Morgan fingerprint density at radius 3 is 2.37 bits per heavy atom. The number of aromatic nitrogens is 2. The molecule has 0 saturated carbocycles. The molecular weight excluding hydrogens is 264 g/mol. The average Bonchev–Trinajstić information content (AvgIpc) is 2.63. The molecule has 108 valence electrons. The molecule has 2 rings (SSSR count). The van der Waals surface area contributed by atoms with Crippen LogP contribution in [0.1, 0.15) is 31.9 Å². The first-order valence-corrected chi connectivity index (χ1v) is 8.11. The fraction of sp³-hybridized carbons (Fsp3) is 0.750. The number of hydrogen-bond donors (Lipinski definition) is 1. The maximum atomic E-state index is 12.6. The van der Waals surface area contributed by atoms with Crippen LogP contribution in [-0.2, 0) is 17.1 Å². The zero-order valence-electron chi connectivity index (χ0n) is 11.8. The van der Waals surface area contributed by atoms with Crippen molar-refractivity contribution in [2.24, 2.45) is 13.0 Å². The molecule has 1 saturated heterocycles. The summed E-state index contributed by atoms with van der Waals surface area (Å²) < 4.78 is 28.3. The van der Waals surface area contributed by atoms with E-state index in [1.165, 1.54) is 4.68 Å². The lowest BCUT2D eigenvalue weighted by atomic mass is 9.96. The van der Waals surface area contributed by atoms with Crippen molar-refractivity contribution in [2.45, 2.75) is 38.0 Å². The maximum Gasteiger partial charge on any atom is 0.248 e. The molecule has 0 unspecified atom stereocenters. The first kappa shape index (κ1) is 14.3. The minimum atomic E-state index is -3.51. The molecule has 1 aromatic rings. The number of rotatable bonds is 3. The number of nitrogen functional groups attached to an aromatic ring is 1. The summed E-state index contributed by atoms with van der Waals surface area (Å²) in [5, 5.41) is 3.99. The predicted octanol–water partition coefficient (Wildman–Crippen LogP) is 1.12. The van der Waals surface area contributed by atoms with Gasteiger partial charge in [0.25, 0.3) is 0 Å². The Hall–Kier alpha value is -1.08. The molecule has 1 aliphatic rings. The van der Waals surface area contributed by atoms with E-state index in [2.05, 4.69) is 12.0 Å². The molecule has 0 bridgehead atoms. The van der Waals surface area contributed by atoms with Crippen LogP contribution in [0, 0.1) is 12.8 Å². The highest BCUT2D eigenvalue weighted by Crippen LogP contribution is 2.29. The molecule has 1 fully saturated rings. The standard InChI is InChI=1S/C12H22N4O2S/c1-4-10-5-7-16(8-6-10)19(17,18)11-9(2)15(3)14-12(11)13/h10H,4-8H2,1-3H3,(H2,13,14). The van der Waals surface area contributed by atoms with Crippen molar-refractivity contribution >= 4 is 15.8 Å². The smallest absolute Gasteiger partial charge is 0.248 e. The normalized spacial score (nSPS) is 18.9. The van der Waals surface area contributed by atoms with E-state index in [-0.39, 0.29) is 10.7 Å². The lowest BCUT2D eigenvalue weighted by molar-refractivity contribution is 0.269. The summed E-state index contributed by atoms with van der Waals surface area (Å²) in [5.74, 6) is 0.733. The highest BCUT2D eigenvalue weighted by molar-refractivity contribution is 7.89. The van der Waals surface area contributed by atoms with Gasteiger partial charge in [-0.1, -0.05) is 13.3 Å². The molecule has 2 heterocycles. The summed E-state index contributed by atoms with van der Waals surface area (Å²) in [6, 6.07) is 0. The largest absolute Gasteiger partial charge is 0.381 e. The number of nitrogens with two attached hydrogens (primary N) is 1. The van der Waals surface area contributed by atoms with E-state index >= 15 is 0 Å². The molecule has 0 amide bonds. The van der Waals surface area contributed by atoms with Gasteiger partial charge in [0.05, 0.1) is 5.69 Å². The molecule has 1 aromatic heterocycles. The van der Waals surface area contributed by atoms with Gasteiger partial charge in [0.1, 0.15) is 4.90 Å². The first-order valence-electron chi connectivity index (χ1n) is 6.67. The summed E-state index contributed by atoms with van der Waals surface area (Å²) in [6.07, 6.45) is 2.96. The Labute approximate surface area is 114 Å². The molecule has 0 aromatic carbocycles. The minimum absolute atomic E-state index is 0.0950. The average molecular weight is 286 g/mol. The van der Waals surface area contributed by atoms with E-state index in [1.807, 2.05) is 0 Å². The van der Waals surface area contributed by atoms with Crippen molar-refractivity contribution in [1.29, 1.82) is 0 Å². The van der Waals surface area contributed by atoms with Crippen LogP contribution < -0.4 is 5.73 Å². The van der Waals surface area contributed by atoms with E-state index in [1.54, 1.807) is 18.3 Å². The van der Waals surface area contributed by atoms with Gasteiger partial charge in [0, 0.05) is 20.1 Å². The van der Waals surface area contributed by atoms with E-state index in [0.29, 0.717) is 24.7 Å². The topological polar surface area (TPSA) is 81.2 Å². The summed E-state index contributed by atoms with van der Waals surface area (Å²) in [5.41, 5.74) is 6.34. The van der Waals surface area contributed by atoms with Gasteiger partial charge < -0.3 is 5.73 Å². The zero-order valence-corrected chi connectivity index (χ0v) is 12.6. The first-order chi connectivity index (χ1) is 8.87. The summed E-state index contributed by atoms with van der Waals surface area (Å²) in [7, 11) is -1.81. The quantitative estimate of drug-likeness (QED) is 0.903. The van der Waals surface area contributed by atoms with Crippen molar-refractivity contribution < 1.29 is 8.42 Å². The molecule has 2 N–H and O–H groups in total. The number of aryl methyl sites for hydroxylation is 1. The highest BCUT2D eigenvalue weighted by Gasteiger charge is 2.33. The second kappa shape index (κ2) is 5.13. The lowest BCUT2D eigenvalue weighted by Crippen LogP contribution is -2.38. The summed E-state index contributed by atoms with van der Waals surface area (Å²) >= 11 is 0. The van der Waals surface area contributed by atoms with Gasteiger partial charge in [0.2, 0.25) is 10.0 Å². The van der Waals surface area contributed by atoms with Gasteiger partial charge in [-0.25, -0.2) is 8.42 Å². The lowest BCUT2D eigenvalue weighted by Gasteiger charge is -2.30. The predicted molar refractivity (Wildman–Crippen MR) is 74.1 cm³/mol. The van der Waals surface area contributed by atoms with Crippen LogP contribution in [0.3, 0.4) is 0 Å². The van der Waals surface area contributed by atoms with E-state index in [9.17, 15) is 8.42 Å². The Morgan fingerprint density at radius 1 is 1.37 bits per heavy atom. The van der Waals surface area contributed by atoms with E-state index in [0.717, 1.165) is 19.3 Å². The SMILES string of the molecule is CCC1CCN(S(=O)(=O)c2c(N)nn(C)c2C)CC1. The number of nitrogens with zero attached hydrogens (tertiary/aromatic N) is 3. The van der Waals surface area contributed by atoms with Gasteiger partial charge in [-0.05, 0) is 25.7 Å². The number of anilines is 1. The molecule has 7 heteroatoms. The Morgan fingerprint density at radius 2 is 1.95 bits per heavy atom. The van der Waals surface area contributed by atoms with Crippen molar-refractivity contribution in [3.8, 4) is 0 Å². The van der Waals surface area contributed by atoms with Crippen molar-refractivity contribution in [1.82, 2.24) is 14.1 Å². The van der Waals surface area contributed by atoms with E-state index in [4.69, 9.17) is 5.73 Å². The van der Waals surface area contributed by atoms with Gasteiger partial charge >= 0.3 is 0 Å². The van der Waals surface area contributed by atoms with Gasteiger partial charge in [-0.2, -0.15) is 9.40 Å². The van der Waals surface area contributed by atoms with Crippen LogP contribution in [0.5, 0.6) is 0 Å². The summed E-state index contributed by atoms with van der Waals surface area (Å²) in [4.78, 5) is 0.171. The third-order valence-corrected chi connectivity index (χ3v) is 6.12. The Balaban J connectivity index is 2.28. The molecule has 0 radical (unpaired) electrons. The molecule has 1 aliphatic heterocycles. The number of hydrogen-bond acceptors (Lipinski definition) is 4. The number of sulfonamides is 1. The molecular formula is C12H22N4O2S. The minimum Gasteiger partial charge on any atom is -0.381 e. The van der Waals surface area contributed by atoms with Crippen molar-refractivity contribution in [3.05, 3.63) is 5.69 Å². The van der Waals surface area contributed by atoms with Gasteiger partial charge in [0.15, 0.2) is 5.82 Å². The monoisotopic (exact) mass is 286 g/mol. The van der Waals surface area contributed by atoms with Crippen LogP contribution in [0.15, 0.2) is 4.90 Å². The fourth-order valence-corrected chi connectivity index (χ4v) is 4.38. The zero-order chi connectivity index (χ0) is 14.2. The maximum absolute atomic E-state index is 12.6. The van der Waals surface area contributed by atoms with Crippen LogP contribution in [0.2, 0.25) is 0 Å². The number of piperidine rings is 1. The second-order valence-electron chi connectivity index (χ2n) is 5.18. The van der Waals surface area contributed by atoms with Crippen LogP contribution in [0.4, 0.5) is 5.82 Å². The Bertz CT molecular complexity index is 557. The molecule has 0 spiro atoms. The molecule has 0 atom stereocenters.